The van der Waals surface area contributed by atoms with Gasteiger partial charge in [-0.3, -0.25) is 0 Å². The Morgan fingerprint density at radius 3 is 2.46 bits per heavy atom. The third-order valence-corrected chi connectivity index (χ3v) is 3.48. The molecule has 0 aliphatic heterocycles. The van der Waals surface area contributed by atoms with Crippen LogP contribution in [0.3, 0.4) is 0 Å². The Kier molecular flexibility index (Phi) is 5.98. The number of halogens is 1. The highest BCUT2D eigenvalue weighted by molar-refractivity contribution is 9.10. The summed E-state index contributed by atoms with van der Waals surface area (Å²) in [7, 11) is 1.29. The smallest absolute Gasteiger partial charge is 0.347 e. The maximum Gasteiger partial charge on any atom is 0.347 e. The van der Waals surface area contributed by atoms with Gasteiger partial charge in [0.15, 0.2) is 0 Å². The van der Waals surface area contributed by atoms with Crippen LogP contribution in [0.15, 0.2) is 46.9 Å². The lowest BCUT2D eigenvalue weighted by Crippen LogP contribution is -2.14. The molecule has 2 rings (SSSR count). The minimum absolute atomic E-state index is 0.0830. The van der Waals surface area contributed by atoms with E-state index < -0.39 is 11.9 Å². The summed E-state index contributed by atoms with van der Waals surface area (Å²) in [6.45, 7) is 3.74. The Labute approximate surface area is 148 Å². The van der Waals surface area contributed by atoms with Crippen molar-refractivity contribution in [3.8, 4) is 11.5 Å². The van der Waals surface area contributed by atoms with Crippen molar-refractivity contribution in [1.82, 2.24) is 0 Å². The molecule has 0 aliphatic rings. The van der Waals surface area contributed by atoms with E-state index in [0.29, 0.717) is 16.9 Å². The predicted octanol–water partition coefficient (Wildman–Crippen LogP) is 4.24. The average molecular weight is 393 g/mol. The molecule has 0 aliphatic carbocycles. The Hall–Kier alpha value is -2.34. The SMILES string of the molecule is COC(=O)c1cccc(OC(=O)c2cc(Br)ccc2OC(C)C)c1. The minimum atomic E-state index is -0.575. The molecule has 2 aromatic rings. The monoisotopic (exact) mass is 392 g/mol. The molecule has 0 aromatic heterocycles. The van der Waals surface area contributed by atoms with Crippen LogP contribution in [0.2, 0.25) is 0 Å². The highest BCUT2D eigenvalue weighted by Gasteiger charge is 2.17. The van der Waals surface area contributed by atoms with Crippen molar-refractivity contribution < 1.29 is 23.8 Å². The largest absolute Gasteiger partial charge is 0.490 e. The molecule has 0 bridgehead atoms. The summed E-state index contributed by atoms with van der Waals surface area (Å²) in [6, 6.07) is 11.3. The van der Waals surface area contributed by atoms with E-state index in [4.69, 9.17) is 9.47 Å². The van der Waals surface area contributed by atoms with Crippen LogP contribution in [0.25, 0.3) is 0 Å². The lowest BCUT2D eigenvalue weighted by Gasteiger charge is -2.14. The summed E-state index contributed by atoms with van der Waals surface area (Å²) in [5, 5.41) is 0. The third-order valence-electron chi connectivity index (χ3n) is 2.99. The van der Waals surface area contributed by atoms with E-state index >= 15 is 0 Å². The standard InChI is InChI=1S/C18H17BrO5/c1-11(2)23-16-8-7-13(19)10-15(16)18(21)24-14-6-4-5-12(9-14)17(20)22-3/h4-11H,1-3H3. The van der Waals surface area contributed by atoms with Crippen LogP contribution in [0.5, 0.6) is 11.5 Å². The molecule has 0 saturated heterocycles. The quantitative estimate of drug-likeness (QED) is 0.562. The van der Waals surface area contributed by atoms with Crippen LogP contribution in [0, 0.1) is 0 Å². The van der Waals surface area contributed by atoms with Gasteiger partial charge < -0.3 is 14.2 Å². The van der Waals surface area contributed by atoms with Crippen molar-refractivity contribution in [2.75, 3.05) is 7.11 Å². The summed E-state index contributed by atoms with van der Waals surface area (Å²) in [5.41, 5.74) is 0.595. The van der Waals surface area contributed by atoms with E-state index in [1.165, 1.54) is 13.2 Å². The summed E-state index contributed by atoms with van der Waals surface area (Å²) < 4.78 is 16.4. The molecule has 5 nitrogen and oxygen atoms in total. The minimum Gasteiger partial charge on any atom is -0.490 e. The topological polar surface area (TPSA) is 61.8 Å². The molecular weight excluding hydrogens is 376 g/mol. The summed E-state index contributed by atoms with van der Waals surface area (Å²) in [6.07, 6.45) is -0.0830. The van der Waals surface area contributed by atoms with Crippen LogP contribution in [0.4, 0.5) is 0 Å². The van der Waals surface area contributed by atoms with Gasteiger partial charge in [0.2, 0.25) is 0 Å². The molecular formula is C18H17BrO5. The number of hydrogen-bond acceptors (Lipinski definition) is 5. The Bertz CT molecular complexity index is 755. The van der Waals surface area contributed by atoms with Crippen LogP contribution >= 0.6 is 15.9 Å². The molecule has 0 fully saturated rings. The molecule has 0 radical (unpaired) electrons. The maximum absolute atomic E-state index is 12.5. The van der Waals surface area contributed by atoms with E-state index in [-0.39, 0.29) is 11.9 Å². The highest BCUT2D eigenvalue weighted by Crippen LogP contribution is 2.26. The molecule has 2 aromatic carbocycles. The first-order chi connectivity index (χ1) is 11.4. The lowest BCUT2D eigenvalue weighted by molar-refractivity contribution is 0.0597. The first-order valence-corrected chi connectivity index (χ1v) is 8.06. The second-order valence-electron chi connectivity index (χ2n) is 5.22. The Morgan fingerprint density at radius 1 is 1.04 bits per heavy atom. The molecule has 0 atom stereocenters. The van der Waals surface area contributed by atoms with Crippen LogP contribution in [-0.2, 0) is 4.74 Å². The number of ether oxygens (including phenoxy) is 3. The van der Waals surface area contributed by atoms with Gasteiger partial charge in [-0.2, -0.15) is 0 Å². The van der Waals surface area contributed by atoms with Gasteiger partial charge in [-0.25, -0.2) is 9.59 Å². The second-order valence-corrected chi connectivity index (χ2v) is 6.13. The van der Waals surface area contributed by atoms with Crippen LogP contribution in [0.1, 0.15) is 34.6 Å². The summed E-state index contributed by atoms with van der Waals surface area (Å²) in [4.78, 5) is 24.0. The van der Waals surface area contributed by atoms with E-state index in [9.17, 15) is 9.59 Å². The molecule has 0 heterocycles. The van der Waals surface area contributed by atoms with Crippen molar-refractivity contribution in [2.45, 2.75) is 20.0 Å². The van der Waals surface area contributed by atoms with E-state index in [0.717, 1.165) is 4.47 Å². The fourth-order valence-electron chi connectivity index (χ4n) is 1.98. The van der Waals surface area contributed by atoms with E-state index in [1.54, 1.807) is 36.4 Å². The van der Waals surface area contributed by atoms with Crippen molar-refractivity contribution in [3.05, 3.63) is 58.1 Å². The third kappa shape index (κ3) is 4.58. The normalized spacial score (nSPS) is 10.4. The molecule has 6 heteroatoms. The molecule has 126 valence electrons. The molecule has 0 unspecified atom stereocenters. The van der Waals surface area contributed by atoms with E-state index in [1.807, 2.05) is 13.8 Å². The summed E-state index contributed by atoms with van der Waals surface area (Å²) >= 11 is 3.33. The van der Waals surface area contributed by atoms with Crippen LogP contribution in [-0.4, -0.2) is 25.2 Å². The van der Waals surface area contributed by atoms with Gasteiger partial charge in [0.25, 0.3) is 0 Å². The Balaban J connectivity index is 2.27. The zero-order valence-corrected chi connectivity index (χ0v) is 15.1. The number of methoxy groups -OCH3 is 1. The number of carbonyl (C=O) groups is 2. The van der Waals surface area contributed by atoms with Gasteiger partial charge in [0.05, 0.1) is 18.8 Å². The molecule has 0 N–H and O–H groups in total. The van der Waals surface area contributed by atoms with Gasteiger partial charge in [-0.15, -0.1) is 0 Å². The average Bonchev–Trinajstić information content (AvgIpc) is 2.55. The molecule has 24 heavy (non-hydrogen) atoms. The zero-order chi connectivity index (χ0) is 17.7. The van der Waals surface area contributed by atoms with Gasteiger partial charge >= 0.3 is 11.9 Å². The first kappa shape index (κ1) is 18.0. The maximum atomic E-state index is 12.5. The predicted molar refractivity (Wildman–Crippen MR) is 92.6 cm³/mol. The zero-order valence-electron chi connectivity index (χ0n) is 13.5. The van der Waals surface area contributed by atoms with Gasteiger partial charge in [0.1, 0.15) is 17.1 Å². The number of esters is 2. The number of rotatable bonds is 5. The van der Waals surface area contributed by atoms with E-state index in [2.05, 4.69) is 20.7 Å². The number of hydrogen-bond donors (Lipinski definition) is 0. The lowest BCUT2D eigenvalue weighted by atomic mass is 10.2. The fraction of sp³-hybridized carbons (Fsp3) is 0.222. The van der Waals surface area contributed by atoms with Crippen molar-refractivity contribution in [3.63, 3.8) is 0 Å². The molecule has 0 saturated carbocycles. The number of carbonyl (C=O) groups excluding carboxylic acids is 2. The first-order valence-electron chi connectivity index (χ1n) is 7.27. The van der Waals surface area contributed by atoms with Crippen molar-refractivity contribution >= 4 is 27.9 Å². The fourth-order valence-corrected chi connectivity index (χ4v) is 2.35. The van der Waals surface area contributed by atoms with Crippen molar-refractivity contribution in [1.29, 1.82) is 0 Å². The molecule has 0 amide bonds. The highest BCUT2D eigenvalue weighted by atomic mass is 79.9. The number of benzene rings is 2. The van der Waals surface area contributed by atoms with Gasteiger partial charge in [0, 0.05) is 4.47 Å². The van der Waals surface area contributed by atoms with Crippen molar-refractivity contribution in [2.24, 2.45) is 0 Å². The molecule has 0 spiro atoms. The summed E-state index contributed by atoms with van der Waals surface area (Å²) in [5.74, 6) is -0.395. The van der Waals surface area contributed by atoms with Gasteiger partial charge in [-0.05, 0) is 50.2 Å². The second kappa shape index (κ2) is 7.97. The van der Waals surface area contributed by atoms with Gasteiger partial charge in [-0.1, -0.05) is 22.0 Å². The Morgan fingerprint density at radius 2 is 1.79 bits per heavy atom. The van der Waals surface area contributed by atoms with Crippen LogP contribution < -0.4 is 9.47 Å².